The minimum Gasteiger partial charge on any atom is -0.489 e. The fourth-order valence-electron chi connectivity index (χ4n) is 3.22. The van der Waals surface area contributed by atoms with Crippen LogP contribution in [0.15, 0.2) is 36.7 Å². The van der Waals surface area contributed by atoms with E-state index in [0.29, 0.717) is 22.6 Å². The second-order valence-electron chi connectivity index (χ2n) is 6.14. The van der Waals surface area contributed by atoms with Crippen molar-refractivity contribution in [1.29, 1.82) is 0 Å². The summed E-state index contributed by atoms with van der Waals surface area (Å²) < 4.78 is 25.8. The molecule has 4 rings (SSSR count). The van der Waals surface area contributed by atoms with Gasteiger partial charge in [-0.2, -0.15) is 0 Å². The van der Waals surface area contributed by atoms with Crippen LogP contribution < -0.4 is 15.0 Å². The third-order valence-corrected chi connectivity index (χ3v) is 4.47. The molecule has 2 atom stereocenters. The molecule has 1 aromatic carbocycles. The van der Waals surface area contributed by atoms with E-state index in [-0.39, 0.29) is 19.1 Å². The van der Waals surface area contributed by atoms with E-state index in [4.69, 9.17) is 9.47 Å². The van der Waals surface area contributed by atoms with Gasteiger partial charge in [0.05, 0.1) is 12.2 Å². The van der Waals surface area contributed by atoms with Crippen LogP contribution in [-0.2, 0) is 9.53 Å². The van der Waals surface area contributed by atoms with Crippen molar-refractivity contribution in [3.05, 3.63) is 42.5 Å². The van der Waals surface area contributed by atoms with Crippen LogP contribution in [0.2, 0.25) is 0 Å². The molecule has 0 spiro atoms. The number of carbonyl (C=O) groups excluding carboxylic acids is 2. The van der Waals surface area contributed by atoms with Crippen molar-refractivity contribution >= 4 is 17.7 Å². The number of hydrogen-bond donors (Lipinski definition) is 1. The minimum atomic E-state index is -0.578. The van der Waals surface area contributed by atoms with E-state index in [1.54, 1.807) is 30.6 Å². The van der Waals surface area contributed by atoms with Gasteiger partial charge in [0.1, 0.15) is 30.3 Å². The fourth-order valence-corrected chi connectivity index (χ4v) is 3.22. The maximum Gasteiger partial charge on any atom is 0.415 e. The average Bonchev–Trinajstić information content (AvgIpc) is 2.96. The summed E-state index contributed by atoms with van der Waals surface area (Å²) >= 11 is 0. The normalized spacial score (nSPS) is 20.7. The first-order chi connectivity index (χ1) is 12.5. The summed E-state index contributed by atoms with van der Waals surface area (Å²) in [5, 5.41) is 2.63. The van der Waals surface area contributed by atoms with E-state index in [1.165, 1.54) is 17.9 Å². The Labute approximate surface area is 148 Å². The Kier molecular flexibility index (Phi) is 3.95. The molecule has 26 heavy (non-hydrogen) atoms. The highest BCUT2D eigenvalue weighted by molar-refractivity contribution is 5.94. The third-order valence-electron chi connectivity index (χ3n) is 4.47. The third kappa shape index (κ3) is 2.73. The molecule has 0 radical (unpaired) electrons. The average molecular weight is 357 g/mol. The molecule has 2 amide bonds. The number of nitrogens with one attached hydrogen (secondary N) is 1. The highest BCUT2D eigenvalue weighted by atomic mass is 19.1. The van der Waals surface area contributed by atoms with Crippen LogP contribution in [0.1, 0.15) is 6.92 Å². The molecule has 2 aliphatic rings. The SMILES string of the molecule is CC(=O)NC[C@@H]1OC(=O)N2c3cc(F)c(-c4ccncc4)cc3OC[C@@H]12. The lowest BCUT2D eigenvalue weighted by Crippen LogP contribution is -2.47. The topological polar surface area (TPSA) is 80.8 Å². The number of anilines is 1. The monoisotopic (exact) mass is 357 g/mol. The number of ether oxygens (including phenoxy) is 2. The van der Waals surface area contributed by atoms with Crippen molar-refractivity contribution < 1.29 is 23.5 Å². The fraction of sp³-hybridized carbons (Fsp3) is 0.278. The second kappa shape index (κ2) is 6.29. The van der Waals surface area contributed by atoms with Gasteiger partial charge in [-0.05, 0) is 23.8 Å². The number of halogens is 1. The van der Waals surface area contributed by atoms with E-state index in [0.717, 1.165) is 0 Å². The van der Waals surface area contributed by atoms with E-state index in [9.17, 15) is 14.0 Å². The van der Waals surface area contributed by atoms with Crippen molar-refractivity contribution in [2.45, 2.75) is 19.1 Å². The lowest BCUT2D eigenvalue weighted by molar-refractivity contribution is -0.119. The Bertz CT molecular complexity index is 874. The Morgan fingerprint density at radius 1 is 1.38 bits per heavy atom. The Morgan fingerprint density at radius 3 is 2.88 bits per heavy atom. The predicted molar refractivity (Wildman–Crippen MR) is 90.3 cm³/mol. The standard InChI is InChI=1S/C18H16FN3O4/c1-10(23)21-8-17-15-9-25-16-6-12(11-2-4-20-5-3-11)13(19)7-14(16)22(15)18(24)26-17/h2-7,15,17H,8-9H2,1H3,(H,21,23)/t15-,17-/m0/s1. The predicted octanol–water partition coefficient (Wildman–Crippen LogP) is 2.11. The van der Waals surface area contributed by atoms with Gasteiger partial charge in [0.25, 0.3) is 0 Å². The molecule has 2 aliphatic heterocycles. The molecule has 0 saturated carbocycles. The second-order valence-corrected chi connectivity index (χ2v) is 6.14. The number of nitrogens with zero attached hydrogens (tertiary/aromatic N) is 2. The van der Waals surface area contributed by atoms with Gasteiger partial charge in [0.15, 0.2) is 0 Å². The lowest BCUT2D eigenvalue weighted by atomic mass is 10.0. The van der Waals surface area contributed by atoms with E-state index in [1.807, 2.05) is 0 Å². The molecule has 0 unspecified atom stereocenters. The maximum absolute atomic E-state index is 14.7. The largest absolute Gasteiger partial charge is 0.489 e. The summed E-state index contributed by atoms with van der Waals surface area (Å²) in [5.74, 6) is -0.284. The molecule has 0 aliphatic carbocycles. The van der Waals surface area contributed by atoms with Crippen LogP contribution >= 0.6 is 0 Å². The number of pyridine rings is 1. The zero-order valence-electron chi connectivity index (χ0n) is 13.9. The van der Waals surface area contributed by atoms with E-state index in [2.05, 4.69) is 10.3 Å². The van der Waals surface area contributed by atoms with Gasteiger partial charge in [0.2, 0.25) is 5.91 Å². The van der Waals surface area contributed by atoms with Gasteiger partial charge in [-0.1, -0.05) is 0 Å². The van der Waals surface area contributed by atoms with E-state index >= 15 is 0 Å². The number of benzene rings is 1. The quantitative estimate of drug-likeness (QED) is 0.910. The number of fused-ring (bicyclic) bond motifs is 3. The molecular formula is C18H16FN3O4. The first-order valence-corrected chi connectivity index (χ1v) is 8.15. The van der Waals surface area contributed by atoms with Crippen LogP contribution in [0.5, 0.6) is 5.75 Å². The highest BCUT2D eigenvalue weighted by Crippen LogP contribution is 2.42. The van der Waals surface area contributed by atoms with Crippen molar-refractivity contribution in [1.82, 2.24) is 10.3 Å². The number of rotatable bonds is 3. The number of cyclic esters (lactones) is 1. The van der Waals surface area contributed by atoms with Crippen molar-refractivity contribution in [3.63, 3.8) is 0 Å². The molecule has 2 aromatic rings. The molecular weight excluding hydrogens is 341 g/mol. The maximum atomic E-state index is 14.7. The van der Waals surface area contributed by atoms with Crippen molar-refractivity contribution in [2.24, 2.45) is 0 Å². The molecule has 134 valence electrons. The first kappa shape index (κ1) is 16.3. The van der Waals surface area contributed by atoms with Crippen LogP contribution in [0.25, 0.3) is 11.1 Å². The summed E-state index contributed by atoms with van der Waals surface area (Å²) in [5.41, 5.74) is 1.36. The van der Waals surface area contributed by atoms with Crippen molar-refractivity contribution in [2.75, 3.05) is 18.1 Å². The smallest absolute Gasteiger partial charge is 0.415 e. The Hall–Kier alpha value is -3.16. The first-order valence-electron chi connectivity index (χ1n) is 8.15. The van der Waals surface area contributed by atoms with Gasteiger partial charge in [-0.25, -0.2) is 9.18 Å². The summed E-state index contributed by atoms with van der Waals surface area (Å²) in [6.07, 6.45) is 2.03. The molecule has 8 heteroatoms. The molecule has 7 nitrogen and oxygen atoms in total. The summed E-state index contributed by atoms with van der Waals surface area (Å²) in [6, 6.07) is 5.82. The minimum absolute atomic E-state index is 0.179. The van der Waals surface area contributed by atoms with Crippen LogP contribution in [0, 0.1) is 5.82 Å². The van der Waals surface area contributed by atoms with Gasteiger partial charge in [-0.3, -0.25) is 14.7 Å². The molecule has 0 bridgehead atoms. The molecule has 1 aromatic heterocycles. The van der Waals surface area contributed by atoms with Gasteiger partial charge in [0, 0.05) is 30.9 Å². The lowest BCUT2D eigenvalue weighted by Gasteiger charge is -2.31. The zero-order chi connectivity index (χ0) is 18.3. The molecule has 1 fully saturated rings. The van der Waals surface area contributed by atoms with Crippen LogP contribution in [0.4, 0.5) is 14.9 Å². The van der Waals surface area contributed by atoms with Crippen LogP contribution in [0.3, 0.4) is 0 Å². The zero-order valence-corrected chi connectivity index (χ0v) is 13.9. The molecule has 1 saturated heterocycles. The van der Waals surface area contributed by atoms with Gasteiger partial charge >= 0.3 is 6.09 Å². The summed E-state index contributed by atoms with van der Waals surface area (Å²) in [4.78, 5) is 28.7. The Balaban J connectivity index is 1.67. The Morgan fingerprint density at radius 2 is 2.15 bits per heavy atom. The molecule has 1 N–H and O–H groups in total. The number of amides is 2. The summed E-state index contributed by atoms with van der Waals surface area (Å²) in [6.45, 7) is 1.76. The summed E-state index contributed by atoms with van der Waals surface area (Å²) in [7, 11) is 0. The van der Waals surface area contributed by atoms with Crippen molar-refractivity contribution in [3.8, 4) is 16.9 Å². The van der Waals surface area contributed by atoms with Gasteiger partial charge in [-0.15, -0.1) is 0 Å². The number of carbonyl (C=O) groups is 2. The number of hydrogen-bond acceptors (Lipinski definition) is 5. The highest BCUT2D eigenvalue weighted by Gasteiger charge is 2.46. The van der Waals surface area contributed by atoms with Gasteiger partial charge < -0.3 is 14.8 Å². The van der Waals surface area contributed by atoms with E-state index < -0.39 is 24.1 Å². The van der Waals surface area contributed by atoms with Crippen LogP contribution in [-0.4, -0.2) is 42.3 Å². The number of aromatic nitrogens is 1. The molecule has 3 heterocycles.